The summed E-state index contributed by atoms with van der Waals surface area (Å²) >= 11 is 0. The summed E-state index contributed by atoms with van der Waals surface area (Å²) in [6.45, 7) is 1.61. The molecule has 2 aliphatic rings. The number of alkyl halides is 3. The van der Waals surface area contributed by atoms with E-state index >= 15 is 0 Å². The third-order valence-corrected chi connectivity index (χ3v) is 5.53. The molecule has 0 radical (unpaired) electrons. The van der Waals surface area contributed by atoms with Gasteiger partial charge in [-0.25, -0.2) is 4.98 Å². The van der Waals surface area contributed by atoms with E-state index in [1.54, 1.807) is 6.92 Å². The molecule has 4 heterocycles. The van der Waals surface area contributed by atoms with Crippen molar-refractivity contribution in [1.29, 1.82) is 0 Å². The third-order valence-electron chi connectivity index (χ3n) is 5.53. The van der Waals surface area contributed by atoms with Crippen LogP contribution < -0.4 is 15.4 Å². The van der Waals surface area contributed by atoms with E-state index in [0.717, 1.165) is 9.47 Å². The summed E-state index contributed by atoms with van der Waals surface area (Å²) in [4.78, 5) is 22.6. The van der Waals surface area contributed by atoms with Gasteiger partial charge in [-0.2, -0.15) is 26.9 Å². The molecular weight excluding hydrogens is 425 g/mol. The highest BCUT2D eigenvalue weighted by Gasteiger charge is 2.47. The molecule has 0 unspecified atom stereocenters. The number of ether oxygens (including phenoxy) is 1. The highest BCUT2D eigenvalue weighted by Crippen LogP contribution is 2.36. The Labute approximate surface area is 174 Å². The average Bonchev–Trinajstić information content (AvgIpc) is 2.72. The van der Waals surface area contributed by atoms with E-state index in [1.807, 2.05) is 0 Å². The van der Waals surface area contributed by atoms with E-state index in [9.17, 15) is 26.7 Å². The normalized spacial score (nSPS) is 21.9. The predicted octanol–water partition coefficient (Wildman–Crippen LogP) is 2.48. The van der Waals surface area contributed by atoms with E-state index in [-0.39, 0.29) is 49.7 Å². The Kier molecular flexibility index (Phi) is 5.58. The molecule has 0 amide bonds. The van der Waals surface area contributed by atoms with Crippen molar-refractivity contribution in [2.24, 2.45) is 0 Å². The summed E-state index contributed by atoms with van der Waals surface area (Å²) in [6.07, 6.45) is -3.98. The second-order valence-corrected chi connectivity index (χ2v) is 7.55. The summed E-state index contributed by atoms with van der Waals surface area (Å²) in [6, 6.07) is 0.363. The van der Waals surface area contributed by atoms with Crippen molar-refractivity contribution < 1.29 is 26.7 Å². The van der Waals surface area contributed by atoms with Gasteiger partial charge in [0.05, 0.1) is 25.8 Å². The van der Waals surface area contributed by atoms with Crippen molar-refractivity contribution in [3.63, 3.8) is 0 Å². The van der Waals surface area contributed by atoms with E-state index in [2.05, 4.69) is 9.97 Å². The van der Waals surface area contributed by atoms with Crippen molar-refractivity contribution in [3.05, 3.63) is 46.0 Å². The minimum atomic E-state index is -4.66. The van der Waals surface area contributed by atoms with E-state index in [4.69, 9.17) is 4.74 Å². The van der Waals surface area contributed by atoms with Crippen LogP contribution in [0.1, 0.15) is 18.9 Å². The van der Waals surface area contributed by atoms with Crippen LogP contribution in [0.5, 0.6) is 0 Å². The van der Waals surface area contributed by atoms with Crippen LogP contribution in [-0.4, -0.2) is 52.6 Å². The monoisotopic (exact) mass is 445 g/mol. The standard InChI is InChI=1S/C19H20F5N5O2/c1-11-10-31-8-7-27(11)16-14(20)17(30)28-6-4-13(19(22,23)24)29(18(28)26-16)9-12-3-2-5-25-15(12)21/h2-3,5,11,13H,4,6-10H2,1H3/t11-,13+/m1/s1. The van der Waals surface area contributed by atoms with Gasteiger partial charge in [0.2, 0.25) is 17.7 Å². The Morgan fingerprint density at radius 1 is 1.26 bits per heavy atom. The maximum Gasteiger partial charge on any atom is 0.408 e. The number of morpholine rings is 1. The first kappa shape index (κ1) is 21.5. The highest BCUT2D eigenvalue weighted by molar-refractivity contribution is 5.49. The number of aromatic nitrogens is 3. The average molecular weight is 445 g/mol. The molecule has 1 saturated heterocycles. The van der Waals surface area contributed by atoms with Crippen LogP contribution in [0.4, 0.5) is 33.7 Å². The highest BCUT2D eigenvalue weighted by atomic mass is 19.4. The quantitative estimate of drug-likeness (QED) is 0.535. The van der Waals surface area contributed by atoms with Crippen LogP contribution in [0.2, 0.25) is 0 Å². The van der Waals surface area contributed by atoms with Gasteiger partial charge in [0.15, 0.2) is 5.82 Å². The third kappa shape index (κ3) is 3.95. The SMILES string of the molecule is C[C@@H]1COCCN1c1nc2n(c(=O)c1F)CC[C@@H](C(F)(F)F)N2Cc1cccnc1F. The van der Waals surface area contributed by atoms with Crippen LogP contribution in [0, 0.1) is 11.8 Å². The molecule has 0 saturated carbocycles. The maximum atomic E-state index is 14.9. The Hall–Kier alpha value is -2.76. The lowest BCUT2D eigenvalue weighted by Crippen LogP contribution is -2.53. The minimum absolute atomic E-state index is 0.0925. The van der Waals surface area contributed by atoms with Crippen molar-refractivity contribution in [2.45, 2.75) is 44.7 Å². The molecule has 2 atom stereocenters. The van der Waals surface area contributed by atoms with Gasteiger partial charge in [-0.15, -0.1) is 0 Å². The predicted molar refractivity (Wildman–Crippen MR) is 101 cm³/mol. The number of rotatable bonds is 3. The number of nitrogens with zero attached hydrogens (tertiary/aromatic N) is 5. The summed E-state index contributed by atoms with van der Waals surface area (Å²) in [7, 11) is 0. The number of hydrogen-bond acceptors (Lipinski definition) is 6. The Balaban J connectivity index is 1.85. The van der Waals surface area contributed by atoms with Gasteiger partial charge in [-0.3, -0.25) is 9.36 Å². The first-order chi connectivity index (χ1) is 14.7. The van der Waals surface area contributed by atoms with Crippen LogP contribution in [0.25, 0.3) is 0 Å². The summed E-state index contributed by atoms with van der Waals surface area (Å²) < 4.78 is 76.7. The van der Waals surface area contributed by atoms with Gasteiger partial charge >= 0.3 is 6.18 Å². The van der Waals surface area contributed by atoms with Gasteiger partial charge in [0.1, 0.15) is 6.04 Å². The number of fused-ring (bicyclic) bond motifs is 1. The molecule has 4 rings (SSSR count). The van der Waals surface area contributed by atoms with Crippen LogP contribution in [0.15, 0.2) is 23.1 Å². The Morgan fingerprint density at radius 3 is 2.71 bits per heavy atom. The number of pyridine rings is 1. The minimum Gasteiger partial charge on any atom is -0.377 e. The fraction of sp³-hybridized carbons (Fsp3) is 0.526. The van der Waals surface area contributed by atoms with Crippen molar-refractivity contribution in [2.75, 3.05) is 29.6 Å². The Morgan fingerprint density at radius 2 is 2.03 bits per heavy atom. The van der Waals surface area contributed by atoms with Gasteiger partial charge in [-0.1, -0.05) is 6.07 Å². The molecule has 12 heteroatoms. The lowest BCUT2D eigenvalue weighted by atomic mass is 10.1. The lowest BCUT2D eigenvalue weighted by molar-refractivity contribution is -0.153. The van der Waals surface area contributed by atoms with Gasteiger partial charge < -0.3 is 14.5 Å². The molecule has 0 N–H and O–H groups in total. The molecular formula is C19H20F5N5O2. The molecule has 168 valence electrons. The molecule has 31 heavy (non-hydrogen) atoms. The maximum absolute atomic E-state index is 14.9. The topological polar surface area (TPSA) is 63.5 Å². The molecule has 1 fully saturated rings. The smallest absolute Gasteiger partial charge is 0.377 e. The fourth-order valence-electron chi connectivity index (χ4n) is 3.95. The van der Waals surface area contributed by atoms with Crippen molar-refractivity contribution >= 4 is 11.8 Å². The second kappa shape index (κ2) is 8.06. The molecule has 0 spiro atoms. The second-order valence-electron chi connectivity index (χ2n) is 7.55. The first-order valence-corrected chi connectivity index (χ1v) is 9.76. The molecule has 0 aromatic carbocycles. The Bertz CT molecular complexity index is 1030. The fourth-order valence-corrected chi connectivity index (χ4v) is 3.95. The molecule has 2 aliphatic heterocycles. The van der Waals surface area contributed by atoms with E-state index < -0.39 is 42.5 Å². The first-order valence-electron chi connectivity index (χ1n) is 9.76. The van der Waals surface area contributed by atoms with Crippen LogP contribution >= 0.6 is 0 Å². The summed E-state index contributed by atoms with van der Waals surface area (Å²) in [5, 5.41) is 0. The van der Waals surface area contributed by atoms with Crippen LogP contribution in [-0.2, 0) is 17.8 Å². The molecule has 0 bridgehead atoms. The molecule has 2 aromatic heterocycles. The molecule has 0 aliphatic carbocycles. The lowest BCUT2D eigenvalue weighted by Gasteiger charge is -2.40. The van der Waals surface area contributed by atoms with Gasteiger partial charge in [0, 0.05) is 24.8 Å². The van der Waals surface area contributed by atoms with Crippen LogP contribution in [0.3, 0.4) is 0 Å². The number of anilines is 2. The summed E-state index contributed by atoms with van der Waals surface area (Å²) in [5.41, 5.74) is -1.15. The molecule has 7 nitrogen and oxygen atoms in total. The largest absolute Gasteiger partial charge is 0.408 e. The summed E-state index contributed by atoms with van der Waals surface area (Å²) in [5.74, 6) is -2.73. The van der Waals surface area contributed by atoms with E-state index in [1.165, 1.54) is 23.2 Å². The molecule has 2 aromatic rings. The number of hydrogen-bond donors (Lipinski definition) is 0. The zero-order valence-corrected chi connectivity index (χ0v) is 16.6. The van der Waals surface area contributed by atoms with Crippen molar-refractivity contribution in [1.82, 2.24) is 14.5 Å². The zero-order chi connectivity index (χ0) is 22.3. The van der Waals surface area contributed by atoms with Gasteiger partial charge in [-0.05, 0) is 19.4 Å². The zero-order valence-electron chi connectivity index (χ0n) is 16.6. The number of halogens is 5. The van der Waals surface area contributed by atoms with Gasteiger partial charge in [0.25, 0.3) is 5.56 Å². The van der Waals surface area contributed by atoms with E-state index in [0.29, 0.717) is 0 Å². The van der Waals surface area contributed by atoms with Crippen molar-refractivity contribution in [3.8, 4) is 0 Å².